The van der Waals surface area contributed by atoms with Crippen LogP contribution in [0.25, 0.3) is 0 Å². The van der Waals surface area contributed by atoms with Crippen molar-refractivity contribution < 1.29 is 9.53 Å². The maximum Gasteiger partial charge on any atom is 0.274 e. The van der Waals surface area contributed by atoms with Crippen molar-refractivity contribution in [1.29, 1.82) is 0 Å². The van der Waals surface area contributed by atoms with Gasteiger partial charge in [0.25, 0.3) is 5.91 Å². The number of hydrogen-bond acceptors (Lipinski definition) is 3. The molecule has 1 atom stereocenters. The molecule has 1 amide bonds. The van der Waals surface area contributed by atoms with Gasteiger partial charge in [0.1, 0.15) is 5.75 Å². The van der Waals surface area contributed by atoms with E-state index in [-0.39, 0.29) is 5.91 Å². The monoisotopic (exact) mass is 299 g/mol. The van der Waals surface area contributed by atoms with Crippen LogP contribution in [-0.2, 0) is 6.73 Å². The molecule has 0 saturated carbocycles. The molecule has 1 aliphatic rings. The van der Waals surface area contributed by atoms with E-state index in [2.05, 4.69) is 12.0 Å². The molecule has 1 unspecified atom stereocenters. The highest BCUT2D eigenvalue weighted by molar-refractivity contribution is 5.92. The second-order valence-electron chi connectivity index (χ2n) is 5.83. The van der Waals surface area contributed by atoms with Gasteiger partial charge in [-0.15, -0.1) is 0 Å². The van der Waals surface area contributed by atoms with Crippen molar-refractivity contribution in [1.82, 2.24) is 14.7 Å². The zero-order chi connectivity index (χ0) is 15.4. The van der Waals surface area contributed by atoms with Gasteiger partial charge in [-0.1, -0.05) is 25.1 Å². The Labute approximate surface area is 130 Å². The highest BCUT2D eigenvalue weighted by Gasteiger charge is 2.23. The first-order chi connectivity index (χ1) is 10.7. The number of carbonyl (C=O) groups excluding carboxylic acids is 1. The number of benzene rings is 1. The number of ether oxygens (including phenoxy) is 1. The molecule has 0 bridgehead atoms. The average Bonchev–Trinajstić information content (AvgIpc) is 3.02. The summed E-state index contributed by atoms with van der Waals surface area (Å²) in [6.07, 6.45) is 4.05. The number of aromatic nitrogens is 2. The van der Waals surface area contributed by atoms with E-state index in [0.29, 0.717) is 18.3 Å². The Kier molecular flexibility index (Phi) is 4.42. The molecule has 3 rings (SSSR count). The first-order valence-corrected chi connectivity index (χ1v) is 7.73. The molecule has 5 heteroatoms. The lowest BCUT2D eigenvalue weighted by Crippen LogP contribution is -2.39. The van der Waals surface area contributed by atoms with Gasteiger partial charge in [-0.2, -0.15) is 5.10 Å². The van der Waals surface area contributed by atoms with Gasteiger partial charge >= 0.3 is 0 Å². The van der Waals surface area contributed by atoms with Crippen LogP contribution in [0.2, 0.25) is 0 Å². The number of rotatable bonds is 4. The molecule has 1 aliphatic heterocycles. The van der Waals surface area contributed by atoms with Gasteiger partial charge in [-0.3, -0.25) is 4.79 Å². The van der Waals surface area contributed by atoms with Crippen LogP contribution in [0.3, 0.4) is 0 Å². The number of piperidine rings is 1. The summed E-state index contributed by atoms with van der Waals surface area (Å²) >= 11 is 0. The highest BCUT2D eigenvalue weighted by atomic mass is 16.5. The number of likely N-dealkylation sites (tertiary alicyclic amines) is 1. The molecule has 1 aromatic carbocycles. The maximum absolute atomic E-state index is 12.4. The maximum atomic E-state index is 12.4. The third-order valence-electron chi connectivity index (χ3n) is 3.91. The Morgan fingerprint density at radius 1 is 1.32 bits per heavy atom. The highest BCUT2D eigenvalue weighted by Crippen LogP contribution is 2.17. The summed E-state index contributed by atoms with van der Waals surface area (Å²) < 4.78 is 7.27. The number of carbonyl (C=O) groups is 1. The van der Waals surface area contributed by atoms with Gasteiger partial charge in [0, 0.05) is 19.3 Å². The first-order valence-electron chi connectivity index (χ1n) is 7.73. The summed E-state index contributed by atoms with van der Waals surface area (Å²) in [6, 6.07) is 11.3. The zero-order valence-corrected chi connectivity index (χ0v) is 12.8. The molecule has 2 aromatic rings. The molecule has 116 valence electrons. The Balaban J connectivity index is 1.59. The van der Waals surface area contributed by atoms with Gasteiger partial charge in [0.05, 0.1) is 0 Å². The van der Waals surface area contributed by atoms with Crippen molar-refractivity contribution in [2.45, 2.75) is 26.5 Å². The average molecular weight is 299 g/mol. The quantitative estimate of drug-likeness (QED) is 0.872. The Morgan fingerprint density at radius 3 is 2.91 bits per heavy atom. The fourth-order valence-electron chi connectivity index (χ4n) is 2.74. The number of hydrogen-bond donors (Lipinski definition) is 0. The predicted molar refractivity (Wildman–Crippen MR) is 83.6 cm³/mol. The lowest BCUT2D eigenvalue weighted by Gasteiger charge is -2.30. The normalized spacial score (nSPS) is 18.2. The first kappa shape index (κ1) is 14.6. The standard InChI is InChI=1S/C17H21N3O2/c1-14-6-5-10-19(12-14)17(21)16-9-11-20(18-16)13-22-15-7-3-2-4-8-15/h2-4,7-9,11,14H,5-6,10,12-13H2,1H3. The van der Waals surface area contributed by atoms with E-state index in [0.717, 1.165) is 25.3 Å². The minimum atomic E-state index is 0.0185. The topological polar surface area (TPSA) is 47.4 Å². The smallest absolute Gasteiger partial charge is 0.274 e. The van der Waals surface area contributed by atoms with E-state index < -0.39 is 0 Å². The van der Waals surface area contributed by atoms with Crippen LogP contribution in [0.4, 0.5) is 0 Å². The number of nitrogens with zero attached hydrogens (tertiary/aromatic N) is 3. The van der Waals surface area contributed by atoms with Crippen LogP contribution in [0, 0.1) is 5.92 Å². The molecule has 0 aliphatic carbocycles. The molecular weight excluding hydrogens is 278 g/mol. The lowest BCUT2D eigenvalue weighted by molar-refractivity contribution is 0.0675. The van der Waals surface area contributed by atoms with Crippen molar-refractivity contribution in [3.05, 3.63) is 48.3 Å². The lowest BCUT2D eigenvalue weighted by atomic mass is 10.0. The molecule has 1 fully saturated rings. The van der Waals surface area contributed by atoms with E-state index in [1.54, 1.807) is 16.9 Å². The molecule has 0 spiro atoms. The van der Waals surface area contributed by atoms with Crippen molar-refractivity contribution in [2.24, 2.45) is 5.92 Å². The molecule has 0 N–H and O–H groups in total. The molecular formula is C17H21N3O2. The SMILES string of the molecule is CC1CCCN(C(=O)c2ccn(COc3ccccc3)n2)C1. The van der Waals surface area contributed by atoms with Gasteiger partial charge in [0.15, 0.2) is 12.4 Å². The summed E-state index contributed by atoms with van der Waals surface area (Å²) in [7, 11) is 0. The molecule has 1 aromatic heterocycles. The predicted octanol–water partition coefficient (Wildman–Crippen LogP) is 2.79. The third-order valence-corrected chi connectivity index (χ3v) is 3.91. The molecule has 5 nitrogen and oxygen atoms in total. The van der Waals surface area contributed by atoms with Crippen LogP contribution in [0.15, 0.2) is 42.6 Å². The van der Waals surface area contributed by atoms with Crippen LogP contribution >= 0.6 is 0 Å². The van der Waals surface area contributed by atoms with Crippen molar-refractivity contribution in [3.8, 4) is 5.75 Å². The number of amides is 1. The molecule has 0 radical (unpaired) electrons. The van der Waals surface area contributed by atoms with Gasteiger partial charge < -0.3 is 9.64 Å². The van der Waals surface area contributed by atoms with Crippen LogP contribution in [0.5, 0.6) is 5.75 Å². The van der Waals surface area contributed by atoms with Gasteiger partial charge in [-0.25, -0.2) is 4.68 Å². The second kappa shape index (κ2) is 6.64. The summed E-state index contributed by atoms with van der Waals surface area (Å²) in [5, 5.41) is 4.33. The van der Waals surface area contributed by atoms with Crippen LogP contribution < -0.4 is 4.74 Å². The van der Waals surface area contributed by atoms with E-state index in [1.807, 2.05) is 35.2 Å². The Bertz CT molecular complexity index is 624. The van der Waals surface area contributed by atoms with E-state index in [1.165, 1.54) is 6.42 Å². The minimum absolute atomic E-state index is 0.0185. The zero-order valence-electron chi connectivity index (χ0n) is 12.8. The van der Waals surface area contributed by atoms with Crippen LogP contribution in [0.1, 0.15) is 30.3 Å². The Morgan fingerprint density at radius 2 is 2.14 bits per heavy atom. The number of para-hydroxylation sites is 1. The molecule has 2 heterocycles. The van der Waals surface area contributed by atoms with E-state index in [4.69, 9.17) is 4.74 Å². The minimum Gasteiger partial charge on any atom is -0.471 e. The van der Waals surface area contributed by atoms with E-state index >= 15 is 0 Å². The fraction of sp³-hybridized carbons (Fsp3) is 0.412. The molecule has 1 saturated heterocycles. The van der Waals surface area contributed by atoms with Crippen molar-refractivity contribution in [3.63, 3.8) is 0 Å². The van der Waals surface area contributed by atoms with Crippen molar-refractivity contribution in [2.75, 3.05) is 13.1 Å². The van der Waals surface area contributed by atoms with Gasteiger partial charge in [0.2, 0.25) is 0 Å². The second-order valence-corrected chi connectivity index (χ2v) is 5.83. The van der Waals surface area contributed by atoms with Crippen molar-refractivity contribution >= 4 is 5.91 Å². The summed E-state index contributed by atoms with van der Waals surface area (Å²) in [5.74, 6) is 1.38. The van der Waals surface area contributed by atoms with E-state index in [9.17, 15) is 4.79 Å². The Hall–Kier alpha value is -2.30. The fourth-order valence-corrected chi connectivity index (χ4v) is 2.74. The largest absolute Gasteiger partial charge is 0.471 e. The summed E-state index contributed by atoms with van der Waals surface area (Å²) in [6.45, 7) is 4.14. The van der Waals surface area contributed by atoms with Gasteiger partial charge in [-0.05, 0) is 37.0 Å². The summed E-state index contributed by atoms with van der Waals surface area (Å²) in [5.41, 5.74) is 0.491. The van der Waals surface area contributed by atoms with Crippen LogP contribution in [-0.4, -0.2) is 33.7 Å². The molecule has 22 heavy (non-hydrogen) atoms. The summed E-state index contributed by atoms with van der Waals surface area (Å²) in [4.78, 5) is 14.3. The third kappa shape index (κ3) is 3.47.